The molecule has 112 valence electrons. The summed E-state index contributed by atoms with van der Waals surface area (Å²) in [5, 5.41) is 8.71. The Labute approximate surface area is 168 Å². The second-order valence-electron chi connectivity index (χ2n) is 3.06. The molecule has 21 heavy (non-hydrogen) atoms. The molecule has 0 amide bonds. The van der Waals surface area contributed by atoms with E-state index in [1.807, 2.05) is 0 Å². The standard InChI is InChI=1S/C6H6ClFN2O7S2.2Na.2H/c7-3-1-4(8)5(2-6(3)11)10(19(15,16)17)9-18(12,13)14;;;;/h1-2,9,11H,(H,12,13,14)(H,15,16,17);;;;. The summed E-state index contributed by atoms with van der Waals surface area (Å²) in [5.74, 6) is -2.18. The molecule has 0 fully saturated rings. The van der Waals surface area contributed by atoms with Gasteiger partial charge in [0, 0.05) is 6.07 Å². The third-order valence-electron chi connectivity index (χ3n) is 1.66. The quantitative estimate of drug-likeness (QED) is 0.290. The summed E-state index contributed by atoms with van der Waals surface area (Å²) in [6, 6.07) is 0.889. The van der Waals surface area contributed by atoms with Crippen molar-refractivity contribution in [2.75, 3.05) is 4.41 Å². The van der Waals surface area contributed by atoms with Crippen LogP contribution in [0.2, 0.25) is 5.02 Å². The van der Waals surface area contributed by atoms with Gasteiger partial charge in [-0.3, -0.25) is 9.11 Å². The summed E-state index contributed by atoms with van der Waals surface area (Å²) in [7, 11) is -10.5. The molecular formula is C6H8ClFN2Na2O7S2. The molecule has 4 N–H and O–H groups in total. The molecule has 0 unspecified atom stereocenters. The van der Waals surface area contributed by atoms with Crippen LogP contribution < -0.4 is 9.25 Å². The van der Waals surface area contributed by atoms with E-state index < -0.39 is 47.3 Å². The minimum atomic E-state index is -5.31. The molecular weight excluding hydrogens is 377 g/mol. The number of nitrogens with one attached hydrogen (secondary N) is 1. The zero-order chi connectivity index (χ0) is 15.0. The van der Waals surface area contributed by atoms with Crippen molar-refractivity contribution in [1.29, 1.82) is 0 Å². The number of rotatable bonds is 4. The predicted octanol–water partition coefficient (Wildman–Crippen LogP) is -1.20. The molecule has 1 aromatic carbocycles. The van der Waals surface area contributed by atoms with Crippen LogP contribution in [0.3, 0.4) is 0 Å². The fourth-order valence-corrected chi connectivity index (χ4v) is 2.51. The number of halogens is 2. The molecule has 0 aromatic heterocycles. The van der Waals surface area contributed by atoms with E-state index in [9.17, 15) is 26.3 Å². The zero-order valence-corrected chi connectivity index (χ0v) is 11.0. The van der Waals surface area contributed by atoms with Gasteiger partial charge >= 0.3 is 79.7 Å². The molecule has 0 aliphatic heterocycles. The molecule has 9 nitrogen and oxygen atoms in total. The molecule has 0 saturated carbocycles. The van der Waals surface area contributed by atoms with Crippen molar-refractivity contribution in [3.05, 3.63) is 23.0 Å². The molecule has 0 radical (unpaired) electrons. The van der Waals surface area contributed by atoms with Gasteiger partial charge in [-0.1, -0.05) is 16.4 Å². The average Bonchev–Trinajstić information content (AvgIpc) is 2.17. The van der Waals surface area contributed by atoms with Crippen LogP contribution in [-0.2, 0) is 20.6 Å². The first kappa shape index (κ1) is 24.1. The van der Waals surface area contributed by atoms with Crippen molar-refractivity contribution in [2.45, 2.75) is 0 Å². The summed E-state index contributed by atoms with van der Waals surface area (Å²) in [6.45, 7) is 0. The van der Waals surface area contributed by atoms with Crippen LogP contribution >= 0.6 is 11.6 Å². The number of anilines is 1. The second kappa shape index (κ2) is 8.61. The van der Waals surface area contributed by atoms with Crippen LogP contribution in [-0.4, -0.2) is 90.2 Å². The molecule has 0 saturated heterocycles. The van der Waals surface area contributed by atoms with Crippen LogP contribution in [0.1, 0.15) is 0 Å². The Bertz CT molecular complexity index is 714. The molecule has 1 aromatic rings. The van der Waals surface area contributed by atoms with E-state index in [1.165, 1.54) is 0 Å². The monoisotopic (exact) mass is 384 g/mol. The van der Waals surface area contributed by atoms with Crippen molar-refractivity contribution >= 4 is 97.0 Å². The zero-order valence-electron chi connectivity index (χ0n) is 8.65. The SMILES string of the molecule is O=S(=O)(O)NN(c1cc(O)c(Cl)cc1F)S(=O)(=O)O.[NaH].[NaH]. The maximum absolute atomic E-state index is 13.5. The molecule has 1 rings (SSSR count). The molecule has 0 spiro atoms. The number of hydrogen-bond donors (Lipinski definition) is 4. The van der Waals surface area contributed by atoms with Gasteiger partial charge in [0.15, 0.2) is 5.82 Å². The number of benzene rings is 1. The normalized spacial score (nSPS) is 11.2. The number of phenols is 1. The fourth-order valence-electron chi connectivity index (χ4n) is 1.01. The Morgan fingerprint density at radius 2 is 1.62 bits per heavy atom. The second-order valence-corrected chi connectivity index (χ2v) is 5.86. The van der Waals surface area contributed by atoms with E-state index >= 15 is 0 Å². The Morgan fingerprint density at radius 3 is 2.00 bits per heavy atom. The molecule has 0 bridgehead atoms. The molecule has 0 atom stereocenters. The summed E-state index contributed by atoms with van der Waals surface area (Å²) in [4.78, 5) is 0.929. The average molecular weight is 385 g/mol. The van der Waals surface area contributed by atoms with E-state index in [-0.39, 0.29) is 59.1 Å². The van der Waals surface area contributed by atoms with E-state index in [4.69, 9.17) is 20.7 Å². The summed E-state index contributed by atoms with van der Waals surface area (Å²) in [6.07, 6.45) is 0. The first-order chi connectivity index (χ1) is 8.42. The third-order valence-corrected chi connectivity index (χ3v) is 3.25. The molecule has 0 aliphatic carbocycles. The maximum atomic E-state index is 13.5. The van der Waals surface area contributed by atoms with Crippen molar-refractivity contribution < 1.29 is 35.4 Å². The van der Waals surface area contributed by atoms with E-state index in [0.717, 1.165) is 4.83 Å². The van der Waals surface area contributed by atoms with E-state index in [1.54, 1.807) is 0 Å². The molecule has 0 heterocycles. The van der Waals surface area contributed by atoms with Gasteiger partial charge in [0.05, 0.1) is 5.02 Å². The Kier molecular flexibility index (Phi) is 9.87. The first-order valence-electron chi connectivity index (χ1n) is 4.12. The van der Waals surface area contributed by atoms with Crippen LogP contribution in [0.5, 0.6) is 5.75 Å². The Hall–Kier alpha value is 0.820. The van der Waals surface area contributed by atoms with Gasteiger partial charge in [0.1, 0.15) is 11.4 Å². The Balaban J connectivity index is 0. The Morgan fingerprint density at radius 1 is 1.14 bits per heavy atom. The van der Waals surface area contributed by atoms with Gasteiger partial charge in [0.25, 0.3) is 0 Å². The summed E-state index contributed by atoms with van der Waals surface area (Å²) >= 11 is 5.33. The minimum absolute atomic E-state index is 0. The van der Waals surface area contributed by atoms with Crippen molar-refractivity contribution in [3.63, 3.8) is 0 Å². The number of phenolic OH excluding ortho intramolecular Hbond substituents is 1. The van der Waals surface area contributed by atoms with Gasteiger partial charge in [-0.15, -0.1) is 0 Å². The molecule has 0 aliphatic rings. The van der Waals surface area contributed by atoms with Crippen LogP contribution in [0.4, 0.5) is 10.1 Å². The number of hydrazine groups is 1. The van der Waals surface area contributed by atoms with Gasteiger partial charge < -0.3 is 5.11 Å². The molecule has 15 heteroatoms. The summed E-state index contributed by atoms with van der Waals surface area (Å²) < 4.78 is 73.0. The van der Waals surface area contributed by atoms with Crippen molar-refractivity contribution in [1.82, 2.24) is 4.83 Å². The van der Waals surface area contributed by atoms with Crippen molar-refractivity contribution in [3.8, 4) is 5.75 Å². The van der Waals surface area contributed by atoms with Crippen molar-refractivity contribution in [2.24, 2.45) is 0 Å². The van der Waals surface area contributed by atoms with E-state index in [2.05, 4.69) is 0 Å². The fraction of sp³-hybridized carbons (Fsp3) is 0. The van der Waals surface area contributed by atoms with E-state index in [0.29, 0.717) is 12.1 Å². The topological polar surface area (TPSA) is 144 Å². The van der Waals surface area contributed by atoms with Gasteiger partial charge in [-0.2, -0.15) is 21.2 Å². The predicted molar refractivity (Wildman–Crippen MR) is 76.1 cm³/mol. The summed E-state index contributed by atoms with van der Waals surface area (Å²) in [5.41, 5.74) is -1.11. The number of hydrogen-bond acceptors (Lipinski definition) is 5. The third kappa shape index (κ3) is 7.28. The number of nitrogens with zero attached hydrogens (tertiary/aromatic N) is 1. The van der Waals surface area contributed by atoms with Gasteiger partial charge in [-0.25, -0.2) is 4.39 Å². The van der Waals surface area contributed by atoms with Gasteiger partial charge in [-0.05, 0) is 6.07 Å². The van der Waals surface area contributed by atoms with Crippen LogP contribution in [0.25, 0.3) is 0 Å². The first-order valence-corrected chi connectivity index (χ1v) is 7.34. The van der Waals surface area contributed by atoms with Crippen LogP contribution in [0, 0.1) is 5.82 Å². The van der Waals surface area contributed by atoms with Crippen LogP contribution in [0.15, 0.2) is 12.1 Å². The number of aromatic hydroxyl groups is 1. The van der Waals surface area contributed by atoms with Gasteiger partial charge in [0.2, 0.25) is 0 Å².